The molecule has 0 aromatic heterocycles. The standard InChI is InChI=1S/C62H114O6/c1-4-7-10-13-16-19-21-23-25-27-28-29-30-31-32-33-34-36-37-39-41-43-46-49-52-55-61(64)67-58-59(57-66-60(63)54-51-48-45-18-15-12-9-6-3)68-62(65)56-53-50-47-44-42-40-38-35-26-24-22-20-17-14-11-8-5-2/h8,11,17,20,24,26,59H,4-7,9-10,12-16,18-19,21-23,25,27-58H2,1-3H3/b11-8-,20-17-,26-24-. The van der Waals surface area contributed by atoms with E-state index in [1.807, 2.05) is 0 Å². The number of esters is 3. The fourth-order valence-corrected chi connectivity index (χ4v) is 8.93. The number of ether oxygens (including phenoxy) is 3. The predicted octanol–water partition coefficient (Wildman–Crippen LogP) is 20.0. The Morgan fingerprint density at radius 2 is 0.574 bits per heavy atom. The van der Waals surface area contributed by atoms with Crippen LogP contribution in [0.5, 0.6) is 0 Å². The average molecular weight is 956 g/mol. The third-order valence-corrected chi connectivity index (χ3v) is 13.4. The lowest BCUT2D eigenvalue weighted by Crippen LogP contribution is -2.30. The van der Waals surface area contributed by atoms with Crippen LogP contribution in [0.25, 0.3) is 0 Å². The molecule has 0 aromatic rings. The Morgan fingerprint density at radius 3 is 0.897 bits per heavy atom. The number of carbonyl (C=O) groups excluding carboxylic acids is 3. The first-order chi connectivity index (χ1) is 33.5. The van der Waals surface area contributed by atoms with Crippen molar-refractivity contribution >= 4 is 17.9 Å². The molecule has 0 amide bonds. The van der Waals surface area contributed by atoms with Gasteiger partial charge in [0.25, 0.3) is 0 Å². The van der Waals surface area contributed by atoms with E-state index in [-0.39, 0.29) is 31.1 Å². The maximum atomic E-state index is 12.8. The Balaban J connectivity index is 4.13. The molecule has 0 aliphatic rings. The Labute approximate surface area is 423 Å². The minimum atomic E-state index is -0.772. The van der Waals surface area contributed by atoms with Gasteiger partial charge in [-0.2, -0.15) is 0 Å². The van der Waals surface area contributed by atoms with Gasteiger partial charge < -0.3 is 14.2 Å². The first-order valence-electron chi connectivity index (χ1n) is 30.0. The lowest BCUT2D eigenvalue weighted by molar-refractivity contribution is -0.167. The molecule has 398 valence electrons. The van der Waals surface area contributed by atoms with Crippen LogP contribution in [0, 0.1) is 0 Å². The predicted molar refractivity (Wildman–Crippen MR) is 293 cm³/mol. The molecule has 0 saturated carbocycles. The maximum absolute atomic E-state index is 12.8. The molecule has 0 N–H and O–H groups in total. The van der Waals surface area contributed by atoms with Crippen LogP contribution in [0.1, 0.15) is 323 Å². The third kappa shape index (κ3) is 54.6. The summed E-state index contributed by atoms with van der Waals surface area (Å²) in [5.74, 6) is -0.869. The van der Waals surface area contributed by atoms with Gasteiger partial charge in [-0.15, -0.1) is 0 Å². The molecular weight excluding hydrogens is 841 g/mol. The van der Waals surface area contributed by atoms with E-state index < -0.39 is 6.10 Å². The van der Waals surface area contributed by atoms with Gasteiger partial charge >= 0.3 is 17.9 Å². The Morgan fingerprint density at radius 1 is 0.309 bits per heavy atom. The summed E-state index contributed by atoms with van der Waals surface area (Å²) in [7, 11) is 0. The largest absolute Gasteiger partial charge is 0.462 e. The summed E-state index contributed by atoms with van der Waals surface area (Å²) in [6.07, 6.45) is 68.8. The van der Waals surface area contributed by atoms with Crippen LogP contribution in [0.15, 0.2) is 36.5 Å². The molecule has 0 heterocycles. The summed E-state index contributed by atoms with van der Waals surface area (Å²) in [6, 6.07) is 0. The maximum Gasteiger partial charge on any atom is 0.306 e. The molecule has 0 aliphatic heterocycles. The van der Waals surface area contributed by atoms with Crippen LogP contribution in [-0.4, -0.2) is 37.2 Å². The smallest absolute Gasteiger partial charge is 0.306 e. The average Bonchev–Trinajstić information content (AvgIpc) is 3.34. The first-order valence-corrected chi connectivity index (χ1v) is 30.0. The van der Waals surface area contributed by atoms with Crippen molar-refractivity contribution in [1.82, 2.24) is 0 Å². The fourth-order valence-electron chi connectivity index (χ4n) is 8.93. The second-order valence-electron chi connectivity index (χ2n) is 20.2. The number of hydrogen-bond donors (Lipinski definition) is 0. The van der Waals surface area contributed by atoms with E-state index in [0.717, 1.165) is 83.5 Å². The van der Waals surface area contributed by atoms with Crippen molar-refractivity contribution in [3.63, 3.8) is 0 Å². The zero-order valence-corrected chi connectivity index (χ0v) is 45.6. The van der Waals surface area contributed by atoms with Crippen LogP contribution >= 0.6 is 0 Å². The van der Waals surface area contributed by atoms with E-state index in [9.17, 15) is 14.4 Å². The second kappa shape index (κ2) is 57.2. The van der Waals surface area contributed by atoms with Crippen LogP contribution in [0.3, 0.4) is 0 Å². The number of unbranched alkanes of at least 4 members (excludes halogenated alkanes) is 38. The summed E-state index contributed by atoms with van der Waals surface area (Å²) in [5, 5.41) is 0. The molecule has 1 atom stereocenters. The van der Waals surface area contributed by atoms with Gasteiger partial charge in [0.05, 0.1) is 0 Å². The van der Waals surface area contributed by atoms with Gasteiger partial charge in [0.1, 0.15) is 13.2 Å². The van der Waals surface area contributed by atoms with Gasteiger partial charge in [0, 0.05) is 19.3 Å². The third-order valence-electron chi connectivity index (χ3n) is 13.4. The minimum absolute atomic E-state index is 0.0718. The lowest BCUT2D eigenvalue weighted by atomic mass is 10.0. The topological polar surface area (TPSA) is 78.9 Å². The van der Waals surface area contributed by atoms with Gasteiger partial charge in [-0.05, 0) is 51.4 Å². The molecule has 6 nitrogen and oxygen atoms in total. The number of carbonyl (C=O) groups is 3. The molecule has 68 heavy (non-hydrogen) atoms. The Hall–Kier alpha value is -2.37. The molecule has 0 bridgehead atoms. The lowest BCUT2D eigenvalue weighted by Gasteiger charge is -2.18. The van der Waals surface area contributed by atoms with Gasteiger partial charge in [0.2, 0.25) is 0 Å². The minimum Gasteiger partial charge on any atom is -0.462 e. The molecule has 0 rings (SSSR count). The van der Waals surface area contributed by atoms with Gasteiger partial charge in [0.15, 0.2) is 6.10 Å². The Bertz CT molecular complexity index is 1140. The highest BCUT2D eigenvalue weighted by Gasteiger charge is 2.19. The van der Waals surface area contributed by atoms with Crippen molar-refractivity contribution in [2.75, 3.05) is 13.2 Å². The molecule has 0 spiro atoms. The molecule has 0 radical (unpaired) electrons. The van der Waals surface area contributed by atoms with E-state index >= 15 is 0 Å². The van der Waals surface area contributed by atoms with Crippen LogP contribution in [-0.2, 0) is 28.6 Å². The van der Waals surface area contributed by atoms with Gasteiger partial charge in [-0.3, -0.25) is 14.4 Å². The van der Waals surface area contributed by atoms with Crippen LogP contribution in [0.2, 0.25) is 0 Å². The van der Waals surface area contributed by atoms with E-state index in [0.29, 0.717) is 19.3 Å². The Kier molecular flexibility index (Phi) is 55.2. The molecule has 0 fully saturated rings. The normalized spacial score (nSPS) is 12.2. The molecule has 0 saturated heterocycles. The van der Waals surface area contributed by atoms with Gasteiger partial charge in [-0.1, -0.05) is 288 Å². The monoisotopic (exact) mass is 955 g/mol. The summed E-state index contributed by atoms with van der Waals surface area (Å²) in [5.41, 5.74) is 0. The van der Waals surface area contributed by atoms with Crippen LogP contribution < -0.4 is 0 Å². The summed E-state index contributed by atoms with van der Waals surface area (Å²) < 4.78 is 16.8. The summed E-state index contributed by atoms with van der Waals surface area (Å²) in [4.78, 5) is 38.0. The zero-order chi connectivity index (χ0) is 49.3. The highest BCUT2D eigenvalue weighted by Crippen LogP contribution is 2.17. The highest BCUT2D eigenvalue weighted by atomic mass is 16.6. The van der Waals surface area contributed by atoms with Crippen molar-refractivity contribution < 1.29 is 28.6 Å². The van der Waals surface area contributed by atoms with E-state index in [4.69, 9.17) is 14.2 Å². The van der Waals surface area contributed by atoms with Crippen molar-refractivity contribution in [2.45, 2.75) is 329 Å². The second-order valence-corrected chi connectivity index (χ2v) is 20.2. The number of allylic oxidation sites excluding steroid dienone is 6. The number of rotatable bonds is 55. The molecule has 6 heteroatoms. The van der Waals surface area contributed by atoms with Crippen molar-refractivity contribution in [2.24, 2.45) is 0 Å². The summed E-state index contributed by atoms with van der Waals surface area (Å²) >= 11 is 0. The SMILES string of the molecule is CC/C=C\C/C=C\C/C=C\CCCCCCCCCC(=O)OC(COC(=O)CCCCCCCCCC)COC(=O)CCCCCCCCCCCCCCCCCCCCCCCCCCC. The van der Waals surface area contributed by atoms with Crippen molar-refractivity contribution in [1.29, 1.82) is 0 Å². The van der Waals surface area contributed by atoms with Crippen molar-refractivity contribution in [3.05, 3.63) is 36.5 Å². The molecular formula is C62H114O6. The van der Waals surface area contributed by atoms with Crippen molar-refractivity contribution in [3.8, 4) is 0 Å². The van der Waals surface area contributed by atoms with E-state index in [2.05, 4.69) is 57.2 Å². The number of hydrogen-bond acceptors (Lipinski definition) is 6. The summed E-state index contributed by atoms with van der Waals surface area (Å²) in [6.45, 7) is 6.54. The fraction of sp³-hybridized carbons (Fsp3) is 0.855. The first kappa shape index (κ1) is 65.6. The highest BCUT2D eigenvalue weighted by molar-refractivity contribution is 5.71. The molecule has 0 aromatic carbocycles. The van der Waals surface area contributed by atoms with Gasteiger partial charge in [-0.25, -0.2) is 0 Å². The molecule has 1 unspecified atom stereocenters. The van der Waals surface area contributed by atoms with E-state index in [1.165, 1.54) is 199 Å². The quantitative estimate of drug-likeness (QED) is 0.0262. The van der Waals surface area contributed by atoms with E-state index in [1.54, 1.807) is 0 Å². The van der Waals surface area contributed by atoms with Crippen LogP contribution in [0.4, 0.5) is 0 Å². The molecule has 0 aliphatic carbocycles. The zero-order valence-electron chi connectivity index (χ0n) is 45.6.